The number of aryl methyl sites for hydroxylation is 1. The molecule has 2 N–H and O–H groups in total. The van der Waals surface area contributed by atoms with Crippen LogP contribution in [0.15, 0.2) is 53.9 Å². The summed E-state index contributed by atoms with van der Waals surface area (Å²) in [4.78, 5) is 4.66. The molecule has 5 heteroatoms. The highest BCUT2D eigenvalue weighted by atomic mass is 32.1. The van der Waals surface area contributed by atoms with Gasteiger partial charge in [0.2, 0.25) is 0 Å². The summed E-state index contributed by atoms with van der Waals surface area (Å²) in [5, 5.41) is 5.18. The first-order valence-electron chi connectivity index (χ1n) is 9.80. The molecule has 1 aliphatic rings. The summed E-state index contributed by atoms with van der Waals surface area (Å²) >= 11 is 1.68. The minimum Gasteiger partial charge on any atom is -0.496 e. The van der Waals surface area contributed by atoms with Gasteiger partial charge in [-0.25, -0.2) is 9.99 Å². The number of ether oxygens (including phenoxy) is 1. The van der Waals surface area contributed by atoms with Crippen molar-refractivity contribution in [2.45, 2.75) is 38.1 Å². The third-order valence-electron chi connectivity index (χ3n) is 5.73. The van der Waals surface area contributed by atoms with Crippen molar-refractivity contribution in [3.8, 4) is 16.3 Å². The maximum atomic E-state index is 6.62. The molecule has 146 valence electrons. The first kappa shape index (κ1) is 19.1. The van der Waals surface area contributed by atoms with Gasteiger partial charge in [0.05, 0.1) is 12.6 Å². The summed E-state index contributed by atoms with van der Waals surface area (Å²) in [6.45, 7) is 2.94. The van der Waals surface area contributed by atoms with Crippen LogP contribution in [0.5, 0.6) is 5.75 Å². The number of hydrazine groups is 1. The van der Waals surface area contributed by atoms with E-state index in [1.54, 1.807) is 18.4 Å². The fourth-order valence-electron chi connectivity index (χ4n) is 4.26. The van der Waals surface area contributed by atoms with Gasteiger partial charge in [0.25, 0.3) is 0 Å². The highest BCUT2D eigenvalue weighted by Gasteiger charge is 2.39. The highest BCUT2D eigenvalue weighted by Crippen LogP contribution is 2.41. The third-order valence-corrected chi connectivity index (χ3v) is 6.74. The maximum absolute atomic E-state index is 6.62. The van der Waals surface area contributed by atoms with E-state index >= 15 is 0 Å². The van der Waals surface area contributed by atoms with E-state index in [-0.39, 0.29) is 5.54 Å². The molecule has 3 aromatic rings. The number of thiazole rings is 1. The summed E-state index contributed by atoms with van der Waals surface area (Å²) in [5.74, 6) is 7.53. The minimum absolute atomic E-state index is 0.218. The molecule has 2 heterocycles. The number of nitrogens with two attached hydrogens (primary N) is 1. The zero-order valence-corrected chi connectivity index (χ0v) is 17.3. The fourth-order valence-corrected chi connectivity index (χ4v) is 5.05. The molecule has 4 rings (SSSR count). The molecular weight excluding hydrogens is 366 g/mol. The average molecular weight is 394 g/mol. The Morgan fingerprint density at radius 3 is 2.68 bits per heavy atom. The molecule has 0 radical (unpaired) electrons. The van der Waals surface area contributed by atoms with Crippen molar-refractivity contribution in [2.24, 2.45) is 5.84 Å². The Hall–Kier alpha value is -2.21. The van der Waals surface area contributed by atoms with E-state index in [9.17, 15) is 0 Å². The number of aromatic nitrogens is 1. The lowest BCUT2D eigenvalue weighted by molar-refractivity contribution is 0.0421. The van der Waals surface area contributed by atoms with Crippen LogP contribution in [0.25, 0.3) is 10.6 Å². The van der Waals surface area contributed by atoms with Crippen molar-refractivity contribution in [1.29, 1.82) is 0 Å². The van der Waals surface area contributed by atoms with Crippen LogP contribution in [-0.4, -0.2) is 23.6 Å². The van der Waals surface area contributed by atoms with Gasteiger partial charge in [-0.1, -0.05) is 30.3 Å². The predicted octanol–water partition coefficient (Wildman–Crippen LogP) is 4.92. The third kappa shape index (κ3) is 3.58. The van der Waals surface area contributed by atoms with Crippen molar-refractivity contribution < 1.29 is 4.74 Å². The second kappa shape index (κ2) is 8.03. The molecule has 1 aromatic heterocycles. The molecule has 2 aromatic carbocycles. The lowest BCUT2D eigenvalue weighted by Crippen LogP contribution is -2.54. The number of nitrogens with zero attached hydrogens (tertiary/aromatic N) is 2. The second-order valence-electron chi connectivity index (χ2n) is 7.55. The molecule has 0 saturated carbocycles. The van der Waals surface area contributed by atoms with E-state index in [0.717, 1.165) is 47.8 Å². The smallest absolute Gasteiger partial charge is 0.123 e. The summed E-state index contributed by atoms with van der Waals surface area (Å²) in [6, 6.07) is 17.0. The standard InChI is InChI=1S/C23H27N3OS/c1-17-16-28-22(25-17)18-10-11-21(27-2)19(14-18)15-23(12-6-7-13-26(23)24)20-8-4-3-5-9-20/h3-5,8-11,14,16H,6-7,12-13,15,24H2,1-2H3. The summed E-state index contributed by atoms with van der Waals surface area (Å²) in [5.41, 5.74) is 4.42. The Labute approximate surface area is 171 Å². The van der Waals surface area contributed by atoms with Gasteiger partial charge in [-0.15, -0.1) is 11.3 Å². The van der Waals surface area contributed by atoms with Gasteiger partial charge in [0.15, 0.2) is 0 Å². The molecule has 28 heavy (non-hydrogen) atoms. The van der Waals surface area contributed by atoms with E-state index in [1.165, 1.54) is 17.5 Å². The zero-order chi connectivity index (χ0) is 19.6. The van der Waals surface area contributed by atoms with Gasteiger partial charge in [-0.2, -0.15) is 0 Å². The minimum atomic E-state index is -0.218. The number of rotatable bonds is 5. The molecule has 1 aliphatic heterocycles. The Bertz CT molecular complexity index is 940. The highest BCUT2D eigenvalue weighted by molar-refractivity contribution is 7.13. The molecule has 1 atom stereocenters. The topological polar surface area (TPSA) is 51.4 Å². The number of hydrogen-bond donors (Lipinski definition) is 1. The number of hydrogen-bond acceptors (Lipinski definition) is 5. The summed E-state index contributed by atoms with van der Waals surface area (Å²) < 4.78 is 5.72. The Morgan fingerprint density at radius 1 is 1.18 bits per heavy atom. The van der Waals surface area contributed by atoms with Gasteiger partial charge in [0.1, 0.15) is 10.8 Å². The van der Waals surface area contributed by atoms with Crippen molar-refractivity contribution >= 4 is 11.3 Å². The van der Waals surface area contributed by atoms with Crippen LogP contribution in [-0.2, 0) is 12.0 Å². The maximum Gasteiger partial charge on any atom is 0.123 e. The van der Waals surface area contributed by atoms with Gasteiger partial charge >= 0.3 is 0 Å². The molecule has 0 amide bonds. The van der Waals surface area contributed by atoms with E-state index in [0.29, 0.717) is 0 Å². The van der Waals surface area contributed by atoms with Crippen molar-refractivity contribution in [3.63, 3.8) is 0 Å². The normalized spacial score (nSPS) is 20.2. The molecule has 0 bridgehead atoms. The molecule has 1 saturated heterocycles. The van der Waals surface area contributed by atoms with Gasteiger partial charge in [-0.3, -0.25) is 5.84 Å². The van der Waals surface area contributed by atoms with E-state index < -0.39 is 0 Å². The van der Waals surface area contributed by atoms with Crippen molar-refractivity contribution in [3.05, 3.63) is 70.7 Å². The van der Waals surface area contributed by atoms with Crippen LogP contribution in [0.4, 0.5) is 0 Å². The first-order chi connectivity index (χ1) is 13.6. The van der Waals surface area contributed by atoms with E-state index in [2.05, 4.69) is 58.9 Å². The lowest BCUT2D eigenvalue weighted by Gasteiger charge is -2.45. The largest absolute Gasteiger partial charge is 0.496 e. The average Bonchev–Trinajstić information content (AvgIpc) is 3.17. The van der Waals surface area contributed by atoms with E-state index in [4.69, 9.17) is 10.6 Å². The summed E-state index contributed by atoms with van der Waals surface area (Å²) in [7, 11) is 1.74. The van der Waals surface area contributed by atoms with Crippen molar-refractivity contribution in [1.82, 2.24) is 9.99 Å². The van der Waals surface area contributed by atoms with Gasteiger partial charge in [0, 0.05) is 23.2 Å². The molecule has 1 fully saturated rings. The lowest BCUT2D eigenvalue weighted by atomic mass is 9.76. The van der Waals surface area contributed by atoms with Gasteiger partial charge < -0.3 is 4.74 Å². The van der Waals surface area contributed by atoms with Crippen LogP contribution in [0.2, 0.25) is 0 Å². The van der Waals surface area contributed by atoms with Crippen LogP contribution in [0, 0.1) is 6.92 Å². The molecule has 1 unspecified atom stereocenters. The van der Waals surface area contributed by atoms with Crippen LogP contribution < -0.4 is 10.6 Å². The van der Waals surface area contributed by atoms with Crippen LogP contribution in [0.1, 0.15) is 36.1 Å². The number of piperidine rings is 1. The quantitative estimate of drug-likeness (QED) is 0.625. The number of benzene rings is 2. The monoisotopic (exact) mass is 393 g/mol. The molecule has 4 nitrogen and oxygen atoms in total. The van der Waals surface area contributed by atoms with Crippen LogP contribution in [0.3, 0.4) is 0 Å². The summed E-state index contributed by atoms with van der Waals surface area (Å²) in [6.07, 6.45) is 4.17. The fraction of sp³-hybridized carbons (Fsp3) is 0.348. The van der Waals surface area contributed by atoms with Gasteiger partial charge in [-0.05, 0) is 61.9 Å². The van der Waals surface area contributed by atoms with Crippen LogP contribution >= 0.6 is 11.3 Å². The Balaban J connectivity index is 1.78. The molecule has 0 aliphatic carbocycles. The number of methoxy groups -OCH3 is 1. The van der Waals surface area contributed by atoms with Crippen molar-refractivity contribution in [2.75, 3.05) is 13.7 Å². The predicted molar refractivity (Wildman–Crippen MR) is 115 cm³/mol. The van der Waals surface area contributed by atoms with E-state index in [1.807, 2.05) is 11.9 Å². The first-order valence-corrected chi connectivity index (χ1v) is 10.7. The molecule has 0 spiro atoms. The Morgan fingerprint density at radius 2 is 2.00 bits per heavy atom. The second-order valence-corrected chi connectivity index (χ2v) is 8.40. The zero-order valence-electron chi connectivity index (χ0n) is 16.5. The molecular formula is C23H27N3OS. The Kier molecular flexibility index (Phi) is 5.49. The SMILES string of the molecule is COc1ccc(-c2nc(C)cs2)cc1CC1(c2ccccc2)CCCCN1N.